The molecule has 2 amide bonds. The monoisotopic (exact) mass is 481 g/mol. The summed E-state index contributed by atoms with van der Waals surface area (Å²) in [7, 11) is 2.72. The van der Waals surface area contributed by atoms with Gasteiger partial charge in [0.1, 0.15) is 5.56 Å². The van der Waals surface area contributed by atoms with Crippen LogP contribution in [0, 0.1) is 0 Å². The van der Waals surface area contributed by atoms with Crippen LogP contribution in [-0.4, -0.2) is 43.3 Å². The lowest BCUT2D eigenvalue weighted by Crippen LogP contribution is -2.18. The summed E-state index contributed by atoms with van der Waals surface area (Å²) in [6.07, 6.45) is 1.19. The summed E-state index contributed by atoms with van der Waals surface area (Å²) in [4.78, 5) is 36.6. The number of aromatic carboxylic acids is 1. The van der Waals surface area contributed by atoms with E-state index in [1.807, 2.05) is 0 Å². The topological polar surface area (TPSA) is 126 Å². The molecule has 174 valence electrons. The van der Waals surface area contributed by atoms with Gasteiger partial charge in [0, 0.05) is 27.4 Å². The molecule has 0 saturated heterocycles. The predicted octanol–water partition coefficient (Wildman–Crippen LogP) is 4.07. The molecule has 3 aromatic rings. The standard InChI is InChI=1S/C24H20ClN3O6/c1-33-19-11-8-16(20(24(31)32)21(19)34-2)13-26-28-23(30)15-4-3-5-18(12-15)27-22(29)14-6-9-17(25)10-7-14/h3-13H,1-2H3,(H,27,29)(H,28,30)(H,31,32)/b26-13+. The highest BCUT2D eigenvalue weighted by atomic mass is 35.5. The second-order valence-electron chi connectivity index (χ2n) is 6.81. The number of halogens is 1. The highest BCUT2D eigenvalue weighted by molar-refractivity contribution is 6.30. The molecule has 3 aromatic carbocycles. The summed E-state index contributed by atoms with van der Waals surface area (Å²) < 4.78 is 10.3. The van der Waals surface area contributed by atoms with E-state index in [1.165, 1.54) is 38.6 Å². The van der Waals surface area contributed by atoms with Crippen molar-refractivity contribution in [2.45, 2.75) is 0 Å². The van der Waals surface area contributed by atoms with Crippen molar-refractivity contribution < 1.29 is 29.0 Å². The van der Waals surface area contributed by atoms with Crippen molar-refractivity contribution in [3.05, 3.63) is 87.9 Å². The Morgan fingerprint density at radius 1 is 0.941 bits per heavy atom. The fourth-order valence-corrected chi connectivity index (χ4v) is 3.16. The van der Waals surface area contributed by atoms with Crippen LogP contribution in [0.25, 0.3) is 0 Å². The number of anilines is 1. The van der Waals surface area contributed by atoms with Crippen LogP contribution >= 0.6 is 11.6 Å². The zero-order chi connectivity index (χ0) is 24.7. The van der Waals surface area contributed by atoms with Crippen LogP contribution in [0.2, 0.25) is 5.02 Å². The Balaban J connectivity index is 1.73. The molecule has 3 N–H and O–H groups in total. The molecule has 0 saturated carbocycles. The summed E-state index contributed by atoms with van der Waals surface area (Å²) >= 11 is 5.84. The average Bonchev–Trinajstić information content (AvgIpc) is 2.83. The van der Waals surface area contributed by atoms with Crippen LogP contribution in [-0.2, 0) is 0 Å². The maximum atomic E-state index is 12.5. The van der Waals surface area contributed by atoms with Gasteiger partial charge in [0.2, 0.25) is 0 Å². The number of methoxy groups -OCH3 is 2. The Labute approximate surface area is 200 Å². The molecule has 0 aromatic heterocycles. The molecule has 0 atom stereocenters. The number of carbonyl (C=O) groups excluding carboxylic acids is 2. The number of nitrogens with zero attached hydrogens (tertiary/aromatic N) is 1. The first-order valence-corrected chi connectivity index (χ1v) is 10.2. The Bertz CT molecular complexity index is 1260. The first kappa shape index (κ1) is 24.3. The van der Waals surface area contributed by atoms with Gasteiger partial charge in [0.05, 0.1) is 20.4 Å². The van der Waals surface area contributed by atoms with Gasteiger partial charge in [0.25, 0.3) is 11.8 Å². The highest BCUT2D eigenvalue weighted by Crippen LogP contribution is 2.32. The maximum absolute atomic E-state index is 12.5. The van der Waals surface area contributed by atoms with Gasteiger partial charge < -0.3 is 19.9 Å². The number of carbonyl (C=O) groups is 3. The second kappa shape index (κ2) is 11.0. The first-order valence-electron chi connectivity index (χ1n) is 9.82. The van der Waals surface area contributed by atoms with Gasteiger partial charge >= 0.3 is 5.97 Å². The molecule has 3 rings (SSSR count). The van der Waals surface area contributed by atoms with Crippen molar-refractivity contribution in [1.82, 2.24) is 5.43 Å². The number of carboxylic acid groups (broad SMARTS) is 1. The van der Waals surface area contributed by atoms with Crippen LogP contribution in [0.5, 0.6) is 11.5 Å². The van der Waals surface area contributed by atoms with Crippen molar-refractivity contribution >= 4 is 41.3 Å². The number of amides is 2. The van der Waals surface area contributed by atoms with Crippen LogP contribution in [0.15, 0.2) is 65.8 Å². The van der Waals surface area contributed by atoms with Crippen molar-refractivity contribution in [3.63, 3.8) is 0 Å². The minimum absolute atomic E-state index is 0.0365. The quantitative estimate of drug-likeness (QED) is 0.329. The number of carboxylic acids is 1. The Hall–Kier alpha value is -4.37. The van der Waals surface area contributed by atoms with Gasteiger partial charge in [-0.3, -0.25) is 9.59 Å². The van der Waals surface area contributed by atoms with Gasteiger partial charge in [-0.1, -0.05) is 17.7 Å². The van der Waals surface area contributed by atoms with Gasteiger partial charge in [-0.2, -0.15) is 5.10 Å². The molecular formula is C24H20ClN3O6. The van der Waals surface area contributed by atoms with E-state index in [0.29, 0.717) is 16.3 Å². The summed E-state index contributed by atoms with van der Waals surface area (Å²) in [5.74, 6) is -1.88. The number of hydrazone groups is 1. The molecule has 0 spiro atoms. The Morgan fingerprint density at radius 2 is 1.68 bits per heavy atom. The van der Waals surface area contributed by atoms with Gasteiger partial charge in [0.15, 0.2) is 11.5 Å². The largest absolute Gasteiger partial charge is 0.493 e. The molecule has 34 heavy (non-hydrogen) atoms. The van der Waals surface area contributed by atoms with Gasteiger partial charge in [-0.25, -0.2) is 10.2 Å². The van der Waals surface area contributed by atoms with Crippen LogP contribution < -0.4 is 20.2 Å². The second-order valence-corrected chi connectivity index (χ2v) is 7.25. The zero-order valence-electron chi connectivity index (χ0n) is 18.2. The third kappa shape index (κ3) is 5.70. The number of ether oxygens (including phenoxy) is 2. The zero-order valence-corrected chi connectivity index (χ0v) is 18.9. The first-order chi connectivity index (χ1) is 16.3. The summed E-state index contributed by atoms with van der Waals surface area (Å²) in [6.45, 7) is 0. The number of rotatable bonds is 8. The van der Waals surface area contributed by atoms with E-state index < -0.39 is 11.9 Å². The highest BCUT2D eigenvalue weighted by Gasteiger charge is 2.20. The molecule has 0 aliphatic rings. The minimum atomic E-state index is -1.24. The van der Waals surface area contributed by atoms with Crippen LogP contribution in [0.3, 0.4) is 0 Å². The molecule has 10 heteroatoms. The molecule has 0 radical (unpaired) electrons. The van der Waals surface area contributed by atoms with Crippen molar-refractivity contribution in [2.24, 2.45) is 5.10 Å². The average molecular weight is 482 g/mol. The Kier molecular flexibility index (Phi) is 7.83. The molecule has 0 aliphatic carbocycles. The van der Waals surface area contributed by atoms with Crippen LogP contribution in [0.4, 0.5) is 5.69 Å². The van der Waals surface area contributed by atoms with E-state index in [4.69, 9.17) is 21.1 Å². The van der Waals surface area contributed by atoms with E-state index in [9.17, 15) is 19.5 Å². The van der Waals surface area contributed by atoms with E-state index in [0.717, 1.165) is 0 Å². The van der Waals surface area contributed by atoms with Gasteiger partial charge in [-0.15, -0.1) is 0 Å². The lowest BCUT2D eigenvalue weighted by Gasteiger charge is -2.12. The van der Waals surface area contributed by atoms with E-state index in [1.54, 1.807) is 42.5 Å². The molecule has 0 bridgehead atoms. The molecule has 0 unspecified atom stereocenters. The smallest absolute Gasteiger partial charge is 0.340 e. The van der Waals surface area contributed by atoms with E-state index >= 15 is 0 Å². The molecular weight excluding hydrogens is 462 g/mol. The number of hydrogen-bond donors (Lipinski definition) is 3. The molecule has 0 aliphatic heterocycles. The number of nitrogens with one attached hydrogen (secondary N) is 2. The Morgan fingerprint density at radius 3 is 2.32 bits per heavy atom. The third-order valence-corrected chi connectivity index (χ3v) is 4.90. The summed E-state index contributed by atoms with van der Waals surface area (Å²) in [6, 6.07) is 15.7. The molecule has 0 heterocycles. The van der Waals surface area contributed by atoms with Crippen molar-refractivity contribution in [2.75, 3.05) is 19.5 Å². The van der Waals surface area contributed by atoms with Gasteiger partial charge in [-0.05, 0) is 54.6 Å². The van der Waals surface area contributed by atoms with E-state index in [2.05, 4.69) is 15.8 Å². The SMILES string of the molecule is COc1ccc(/C=N/NC(=O)c2cccc(NC(=O)c3ccc(Cl)cc3)c2)c(C(=O)O)c1OC. The lowest BCUT2D eigenvalue weighted by atomic mass is 10.1. The number of benzene rings is 3. The minimum Gasteiger partial charge on any atom is -0.493 e. The fourth-order valence-electron chi connectivity index (χ4n) is 3.04. The molecule has 0 fully saturated rings. The molecule has 9 nitrogen and oxygen atoms in total. The normalized spacial score (nSPS) is 10.6. The number of hydrogen-bond acceptors (Lipinski definition) is 6. The predicted molar refractivity (Wildman–Crippen MR) is 127 cm³/mol. The van der Waals surface area contributed by atoms with E-state index in [-0.39, 0.29) is 34.1 Å². The lowest BCUT2D eigenvalue weighted by molar-refractivity contribution is 0.0692. The maximum Gasteiger partial charge on any atom is 0.340 e. The summed E-state index contributed by atoms with van der Waals surface area (Å²) in [5, 5.41) is 16.6. The fraction of sp³-hybridized carbons (Fsp3) is 0.0833. The third-order valence-electron chi connectivity index (χ3n) is 4.65. The van der Waals surface area contributed by atoms with Crippen LogP contribution in [0.1, 0.15) is 36.6 Å². The van der Waals surface area contributed by atoms with Crippen molar-refractivity contribution in [1.29, 1.82) is 0 Å². The summed E-state index contributed by atoms with van der Waals surface area (Å²) in [5.41, 5.74) is 3.43. The van der Waals surface area contributed by atoms with Crippen molar-refractivity contribution in [3.8, 4) is 11.5 Å².